The van der Waals surface area contributed by atoms with Crippen molar-refractivity contribution in [3.63, 3.8) is 0 Å². The van der Waals surface area contributed by atoms with Gasteiger partial charge in [-0.1, -0.05) is 12.1 Å². The fourth-order valence-electron chi connectivity index (χ4n) is 3.64. The summed E-state index contributed by atoms with van der Waals surface area (Å²) in [4.78, 5) is 11.1. The van der Waals surface area contributed by atoms with Crippen LogP contribution in [0.25, 0.3) is 44.2 Å². The summed E-state index contributed by atoms with van der Waals surface area (Å²) in [5, 5.41) is 2.28. The lowest BCUT2D eigenvalue weighted by Gasteiger charge is -2.10. The Labute approximate surface area is 162 Å². The van der Waals surface area contributed by atoms with E-state index in [4.69, 9.17) is 9.47 Å². The highest BCUT2D eigenvalue weighted by molar-refractivity contribution is 5.98. The van der Waals surface area contributed by atoms with Crippen LogP contribution >= 0.6 is 0 Å². The monoisotopic (exact) mass is 369 g/mol. The minimum atomic E-state index is 0.701. The molecule has 0 unspecified atom stereocenters. The zero-order valence-corrected chi connectivity index (χ0v) is 15.6. The van der Waals surface area contributed by atoms with Gasteiger partial charge in [0.05, 0.1) is 14.2 Å². The van der Waals surface area contributed by atoms with Crippen molar-refractivity contribution in [2.24, 2.45) is 0 Å². The number of ether oxygens (including phenoxy) is 2. The molecule has 138 valence electrons. The lowest BCUT2D eigenvalue weighted by atomic mass is 10.0. The third-order valence-corrected chi connectivity index (χ3v) is 5.11. The minimum Gasteiger partial charge on any atom is -0.493 e. The Morgan fingerprint density at radius 1 is 0.786 bits per heavy atom. The molecular formula is C23H19N3O2. The normalized spacial score (nSPS) is 11.2. The summed E-state index contributed by atoms with van der Waals surface area (Å²) in [5.41, 5.74) is 6.34. The van der Waals surface area contributed by atoms with Crippen LogP contribution in [0, 0.1) is 0 Å². The highest BCUT2D eigenvalue weighted by Gasteiger charge is 2.11. The Morgan fingerprint density at radius 3 is 2.50 bits per heavy atom. The number of rotatable bonds is 4. The predicted octanol–water partition coefficient (Wildman–Crippen LogP) is 5.40. The third-order valence-electron chi connectivity index (χ3n) is 5.11. The number of fused-ring (bicyclic) bond motifs is 2. The van der Waals surface area contributed by atoms with Crippen LogP contribution < -0.4 is 9.47 Å². The van der Waals surface area contributed by atoms with Gasteiger partial charge in [-0.05, 0) is 52.9 Å². The summed E-state index contributed by atoms with van der Waals surface area (Å²) in [6, 6.07) is 16.6. The number of hydrogen-bond donors (Lipinski definition) is 2. The number of H-pyrrole nitrogens is 2. The molecule has 5 rings (SSSR count). The number of nitrogens with zero attached hydrogens (tertiary/aromatic N) is 1. The Balaban J connectivity index is 1.64. The molecule has 0 saturated heterocycles. The van der Waals surface area contributed by atoms with Crippen LogP contribution in [0.4, 0.5) is 0 Å². The second-order valence-electron chi connectivity index (χ2n) is 6.67. The Hall–Kier alpha value is -3.73. The molecule has 5 nitrogen and oxygen atoms in total. The van der Waals surface area contributed by atoms with Gasteiger partial charge in [-0.25, -0.2) is 4.98 Å². The number of hydrogen-bond acceptors (Lipinski definition) is 3. The summed E-state index contributed by atoms with van der Waals surface area (Å²) < 4.78 is 10.8. The molecule has 2 aromatic carbocycles. The van der Waals surface area contributed by atoms with Crippen LogP contribution in [0.3, 0.4) is 0 Å². The number of aromatic nitrogens is 3. The maximum atomic E-state index is 5.44. The summed E-state index contributed by atoms with van der Waals surface area (Å²) in [6.07, 6.45) is 5.85. The average Bonchev–Trinajstić information content (AvgIpc) is 3.38. The lowest BCUT2D eigenvalue weighted by Crippen LogP contribution is -1.91. The molecule has 0 amide bonds. The topological polar surface area (TPSA) is 62.9 Å². The maximum Gasteiger partial charge on any atom is 0.161 e. The van der Waals surface area contributed by atoms with Gasteiger partial charge < -0.3 is 19.4 Å². The van der Waals surface area contributed by atoms with E-state index >= 15 is 0 Å². The van der Waals surface area contributed by atoms with Gasteiger partial charge in [0.2, 0.25) is 0 Å². The highest BCUT2D eigenvalue weighted by atomic mass is 16.5. The summed E-state index contributed by atoms with van der Waals surface area (Å²) in [5.74, 6) is 1.41. The Bertz CT molecular complexity index is 1300. The molecule has 2 N–H and O–H groups in total. The van der Waals surface area contributed by atoms with Gasteiger partial charge in [0, 0.05) is 40.6 Å². The number of nitrogens with one attached hydrogen (secondary N) is 2. The van der Waals surface area contributed by atoms with Crippen molar-refractivity contribution in [2.45, 2.75) is 0 Å². The van der Waals surface area contributed by atoms with Crippen LogP contribution in [-0.4, -0.2) is 29.2 Å². The zero-order valence-electron chi connectivity index (χ0n) is 15.6. The van der Waals surface area contributed by atoms with E-state index in [1.54, 1.807) is 14.2 Å². The molecule has 0 aliphatic heterocycles. The number of benzene rings is 2. The Kier molecular flexibility index (Phi) is 3.79. The molecule has 0 bridgehead atoms. The molecule has 0 radical (unpaired) electrons. The van der Waals surface area contributed by atoms with Crippen molar-refractivity contribution in [2.75, 3.05) is 14.2 Å². The first-order valence-corrected chi connectivity index (χ1v) is 9.04. The molecule has 0 saturated carbocycles. The first kappa shape index (κ1) is 16.4. The SMILES string of the molecule is COc1ccc(-c2cnc3[nH]cc(-c4ccc5[nH]ccc5c4)c3c2)cc1OC. The van der Waals surface area contributed by atoms with Crippen LogP contribution in [0.1, 0.15) is 0 Å². The third kappa shape index (κ3) is 2.60. The molecule has 3 heterocycles. The van der Waals surface area contributed by atoms with Gasteiger partial charge in [0.25, 0.3) is 0 Å². The van der Waals surface area contributed by atoms with E-state index in [1.807, 2.05) is 36.8 Å². The fraction of sp³-hybridized carbons (Fsp3) is 0.0870. The first-order chi connectivity index (χ1) is 13.8. The van der Waals surface area contributed by atoms with E-state index < -0.39 is 0 Å². The van der Waals surface area contributed by atoms with Crippen molar-refractivity contribution in [1.29, 1.82) is 0 Å². The maximum absolute atomic E-state index is 5.44. The smallest absolute Gasteiger partial charge is 0.161 e. The summed E-state index contributed by atoms with van der Waals surface area (Å²) >= 11 is 0. The highest BCUT2D eigenvalue weighted by Crippen LogP contribution is 2.35. The van der Waals surface area contributed by atoms with Crippen LogP contribution in [0.15, 0.2) is 67.1 Å². The molecule has 28 heavy (non-hydrogen) atoms. The minimum absolute atomic E-state index is 0.701. The standard InChI is InChI=1S/C23H19N3O2/c1-27-21-6-4-14(11-22(21)28-2)17-10-18-19(13-26-23(18)25-12-17)15-3-5-20-16(9-15)7-8-24-20/h3-13,24H,1-2H3,(H,25,26). The Morgan fingerprint density at radius 2 is 1.64 bits per heavy atom. The molecular weight excluding hydrogens is 350 g/mol. The predicted molar refractivity (Wildman–Crippen MR) is 112 cm³/mol. The summed E-state index contributed by atoms with van der Waals surface area (Å²) in [6.45, 7) is 0. The van der Waals surface area contributed by atoms with Crippen LogP contribution in [0.5, 0.6) is 11.5 Å². The summed E-state index contributed by atoms with van der Waals surface area (Å²) in [7, 11) is 3.28. The fourth-order valence-corrected chi connectivity index (χ4v) is 3.64. The number of methoxy groups -OCH3 is 2. The lowest BCUT2D eigenvalue weighted by molar-refractivity contribution is 0.355. The van der Waals surface area contributed by atoms with Crippen molar-refractivity contribution in [3.8, 4) is 33.8 Å². The van der Waals surface area contributed by atoms with Gasteiger partial charge in [-0.15, -0.1) is 0 Å². The van der Waals surface area contributed by atoms with E-state index in [0.29, 0.717) is 11.5 Å². The van der Waals surface area contributed by atoms with Gasteiger partial charge >= 0.3 is 0 Å². The van der Waals surface area contributed by atoms with Crippen LogP contribution in [-0.2, 0) is 0 Å². The number of aromatic amines is 2. The second-order valence-corrected chi connectivity index (χ2v) is 6.67. The molecule has 0 aliphatic carbocycles. The second kappa shape index (κ2) is 6.46. The van der Waals surface area contributed by atoms with Gasteiger partial charge in [-0.2, -0.15) is 0 Å². The van der Waals surface area contributed by atoms with Crippen LogP contribution in [0.2, 0.25) is 0 Å². The molecule has 0 spiro atoms. The average molecular weight is 369 g/mol. The van der Waals surface area contributed by atoms with E-state index in [9.17, 15) is 0 Å². The number of pyridine rings is 1. The van der Waals surface area contributed by atoms with Gasteiger partial charge in [0.15, 0.2) is 11.5 Å². The van der Waals surface area contributed by atoms with E-state index in [2.05, 4.69) is 45.3 Å². The van der Waals surface area contributed by atoms with Gasteiger partial charge in [-0.3, -0.25) is 0 Å². The van der Waals surface area contributed by atoms with E-state index in [1.165, 1.54) is 5.39 Å². The largest absolute Gasteiger partial charge is 0.493 e. The molecule has 0 fully saturated rings. The molecule has 3 aromatic heterocycles. The van der Waals surface area contributed by atoms with E-state index in [0.717, 1.165) is 38.8 Å². The first-order valence-electron chi connectivity index (χ1n) is 9.04. The molecule has 0 atom stereocenters. The molecule has 0 aliphatic rings. The quantitative estimate of drug-likeness (QED) is 0.446. The van der Waals surface area contributed by atoms with Crippen molar-refractivity contribution in [3.05, 3.63) is 67.1 Å². The van der Waals surface area contributed by atoms with Crippen molar-refractivity contribution < 1.29 is 9.47 Å². The van der Waals surface area contributed by atoms with Gasteiger partial charge in [0.1, 0.15) is 5.65 Å². The van der Waals surface area contributed by atoms with E-state index in [-0.39, 0.29) is 0 Å². The molecule has 5 aromatic rings. The molecule has 5 heteroatoms. The van der Waals surface area contributed by atoms with Crippen molar-refractivity contribution in [1.82, 2.24) is 15.0 Å². The zero-order chi connectivity index (χ0) is 19.1. The van der Waals surface area contributed by atoms with Crippen molar-refractivity contribution >= 4 is 21.9 Å².